The zero-order valence-corrected chi connectivity index (χ0v) is 19.8. The molecule has 4 heterocycles. The van der Waals surface area contributed by atoms with Gasteiger partial charge in [0.25, 0.3) is 5.91 Å². The Morgan fingerprint density at radius 1 is 1.06 bits per heavy atom. The van der Waals surface area contributed by atoms with Crippen molar-refractivity contribution >= 4 is 27.1 Å². The minimum Gasteiger partial charge on any atom is -0.444 e. The van der Waals surface area contributed by atoms with Crippen LogP contribution >= 0.6 is 0 Å². The molecule has 10 heteroatoms. The molecule has 0 aliphatic rings. The molecule has 0 spiro atoms. The molecule has 1 aromatic carbocycles. The summed E-state index contributed by atoms with van der Waals surface area (Å²) in [4.78, 5) is 26.0. The first-order valence-electron chi connectivity index (χ1n) is 10.7. The van der Waals surface area contributed by atoms with Crippen molar-refractivity contribution < 1.29 is 17.6 Å². The summed E-state index contributed by atoms with van der Waals surface area (Å²) in [7, 11) is -3.24. The van der Waals surface area contributed by atoms with Crippen molar-refractivity contribution in [2.45, 2.75) is 12.7 Å². The van der Waals surface area contributed by atoms with Gasteiger partial charge in [0.05, 0.1) is 17.1 Å². The lowest BCUT2D eigenvalue weighted by molar-refractivity contribution is 0.102. The van der Waals surface area contributed by atoms with Gasteiger partial charge in [-0.15, -0.1) is 0 Å². The Morgan fingerprint density at radius 3 is 2.60 bits per heavy atom. The van der Waals surface area contributed by atoms with Crippen molar-refractivity contribution in [3.05, 3.63) is 90.5 Å². The predicted octanol–water partition coefficient (Wildman–Crippen LogP) is 4.16. The largest absolute Gasteiger partial charge is 0.444 e. The molecule has 176 valence electrons. The van der Waals surface area contributed by atoms with Crippen LogP contribution in [0.5, 0.6) is 0 Å². The van der Waals surface area contributed by atoms with Gasteiger partial charge in [-0.05, 0) is 30.7 Å². The molecule has 0 aliphatic heterocycles. The summed E-state index contributed by atoms with van der Waals surface area (Å²) in [5.41, 5.74) is 4.75. The van der Waals surface area contributed by atoms with E-state index >= 15 is 0 Å². The number of oxazole rings is 1. The van der Waals surface area contributed by atoms with Crippen LogP contribution in [-0.2, 0) is 15.6 Å². The van der Waals surface area contributed by atoms with Crippen molar-refractivity contribution in [3.8, 4) is 22.6 Å². The molecule has 0 atom stereocenters. The van der Waals surface area contributed by atoms with E-state index in [4.69, 9.17) is 4.42 Å². The van der Waals surface area contributed by atoms with Gasteiger partial charge < -0.3 is 14.1 Å². The Labute approximate surface area is 201 Å². The smallest absolute Gasteiger partial charge is 0.277 e. The molecule has 0 fully saturated rings. The van der Waals surface area contributed by atoms with Crippen molar-refractivity contribution in [3.63, 3.8) is 0 Å². The van der Waals surface area contributed by atoms with Crippen molar-refractivity contribution in [1.82, 2.24) is 19.4 Å². The van der Waals surface area contributed by atoms with E-state index in [1.54, 1.807) is 29.1 Å². The lowest BCUT2D eigenvalue weighted by atomic mass is 10.1. The number of aryl methyl sites for hydroxylation is 1. The van der Waals surface area contributed by atoms with Crippen LogP contribution in [0.1, 0.15) is 21.9 Å². The molecule has 0 unspecified atom stereocenters. The molecule has 0 bridgehead atoms. The average Bonchev–Trinajstić information content (AvgIpc) is 3.45. The molecular formula is C25H21N5O4S. The van der Waals surface area contributed by atoms with E-state index in [-0.39, 0.29) is 11.4 Å². The fraction of sp³-hybridized carbons (Fsp3) is 0.120. The minimum absolute atomic E-state index is 0.122. The van der Waals surface area contributed by atoms with Gasteiger partial charge in [-0.2, -0.15) is 0 Å². The molecule has 5 aromatic rings. The second-order valence-electron chi connectivity index (χ2n) is 8.21. The van der Waals surface area contributed by atoms with Gasteiger partial charge in [0, 0.05) is 41.7 Å². The monoisotopic (exact) mass is 487 g/mol. The standard InChI is InChI=1S/C25H21N5O4S/c1-16-10-18(8-9-26-16)25-29-22(14-34-25)24(31)28-21-13-30-12-19(15-35(2,32)33)27-23(30)11-20(21)17-6-4-3-5-7-17/h3-14H,15H2,1-2H3,(H,28,31). The number of hydrogen-bond acceptors (Lipinski definition) is 7. The number of carbonyl (C=O) groups is 1. The third-order valence-electron chi connectivity index (χ3n) is 5.27. The molecular weight excluding hydrogens is 466 g/mol. The zero-order chi connectivity index (χ0) is 24.6. The average molecular weight is 488 g/mol. The second kappa shape index (κ2) is 8.80. The van der Waals surface area contributed by atoms with E-state index < -0.39 is 15.7 Å². The Morgan fingerprint density at radius 2 is 1.86 bits per heavy atom. The molecule has 4 aromatic heterocycles. The van der Waals surface area contributed by atoms with Crippen LogP contribution in [0.2, 0.25) is 0 Å². The van der Waals surface area contributed by atoms with E-state index in [1.165, 1.54) is 6.26 Å². The summed E-state index contributed by atoms with van der Waals surface area (Å²) in [6.45, 7) is 1.86. The van der Waals surface area contributed by atoms with Crippen molar-refractivity contribution in [2.75, 3.05) is 11.6 Å². The SMILES string of the molecule is Cc1cc(-c2nc(C(=O)Nc3cn4cc(CS(C)(=O)=O)nc4cc3-c3ccccc3)co2)ccn1. The summed E-state index contributed by atoms with van der Waals surface area (Å²) in [6.07, 6.45) is 7.47. The van der Waals surface area contributed by atoms with Gasteiger partial charge >= 0.3 is 0 Å². The van der Waals surface area contributed by atoms with E-state index in [9.17, 15) is 13.2 Å². The van der Waals surface area contributed by atoms with Gasteiger partial charge in [-0.1, -0.05) is 30.3 Å². The first kappa shape index (κ1) is 22.5. The molecule has 0 aliphatic carbocycles. The van der Waals surface area contributed by atoms with Crippen LogP contribution in [0, 0.1) is 6.92 Å². The molecule has 5 rings (SSSR count). The highest BCUT2D eigenvalue weighted by Gasteiger charge is 2.18. The summed E-state index contributed by atoms with van der Waals surface area (Å²) in [6, 6.07) is 14.9. The maximum atomic E-state index is 13.1. The van der Waals surface area contributed by atoms with E-state index in [2.05, 4.69) is 20.3 Å². The van der Waals surface area contributed by atoms with Crippen LogP contribution in [0.4, 0.5) is 5.69 Å². The van der Waals surface area contributed by atoms with Gasteiger partial charge in [0.1, 0.15) is 11.9 Å². The normalized spacial score (nSPS) is 11.6. The Balaban J connectivity index is 1.51. The van der Waals surface area contributed by atoms with Gasteiger partial charge in [0.15, 0.2) is 15.5 Å². The number of benzene rings is 1. The summed E-state index contributed by atoms with van der Waals surface area (Å²) in [5, 5.41) is 2.91. The molecule has 35 heavy (non-hydrogen) atoms. The lowest BCUT2D eigenvalue weighted by Gasteiger charge is -2.11. The maximum Gasteiger partial charge on any atom is 0.277 e. The third kappa shape index (κ3) is 4.97. The van der Waals surface area contributed by atoms with Gasteiger partial charge in [0.2, 0.25) is 5.89 Å². The molecule has 0 radical (unpaired) electrons. The van der Waals surface area contributed by atoms with Gasteiger partial charge in [-0.25, -0.2) is 18.4 Å². The number of hydrogen-bond donors (Lipinski definition) is 1. The fourth-order valence-corrected chi connectivity index (χ4v) is 4.43. The number of rotatable bonds is 6. The van der Waals surface area contributed by atoms with Crippen molar-refractivity contribution in [1.29, 1.82) is 0 Å². The number of pyridine rings is 2. The highest BCUT2D eigenvalue weighted by Crippen LogP contribution is 2.30. The second-order valence-corrected chi connectivity index (χ2v) is 10.4. The number of aromatic nitrogens is 4. The third-order valence-corrected chi connectivity index (χ3v) is 6.09. The molecule has 0 saturated heterocycles. The van der Waals surface area contributed by atoms with Crippen LogP contribution in [-0.4, -0.2) is 39.9 Å². The number of nitrogens with one attached hydrogen (secondary N) is 1. The molecule has 0 saturated carbocycles. The number of amides is 1. The number of carbonyl (C=O) groups excluding carboxylic acids is 1. The zero-order valence-electron chi connectivity index (χ0n) is 19.0. The summed E-state index contributed by atoms with van der Waals surface area (Å²) >= 11 is 0. The highest BCUT2D eigenvalue weighted by molar-refractivity contribution is 7.89. The van der Waals surface area contributed by atoms with Crippen LogP contribution in [0.15, 0.2) is 77.8 Å². The summed E-state index contributed by atoms with van der Waals surface area (Å²) < 4.78 is 30.7. The predicted molar refractivity (Wildman–Crippen MR) is 132 cm³/mol. The molecule has 1 N–H and O–H groups in total. The number of nitrogens with zero attached hydrogens (tertiary/aromatic N) is 4. The summed E-state index contributed by atoms with van der Waals surface area (Å²) in [5.74, 6) is -0.300. The lowest BCUT2D eigenvalue weighted by Crippen LogP contribution is -2.13. The Kier molecular flexibility index (Phi) is 5.65. The number of imidazole rings is 1. The first-order valence-corrected chi connectivity index (χ1v) is 12.8. The van der Waals surface area contributed by atoms with Gasteiger partial charge in [-0.3, -0.25) is 9.78 Å². The Hall–Kier alpha value is -4.31. The van der Waals surface area contributed by atoms with Crippen LogP contribution in [0.3, 0.4) is 0 Å². The minimum atomic E-state index is -3.24. The molecule has 1 amide bonds. The van der Waals surface area contributed by atoms with E-state index in [0.29, 0.717) is 22.9 Å². The number of fused-ring (bicyclic) bond motifs is 1. The topological polar surface area (TPSA) is 119 Å². The van der Waals surface area contributed by atoms with Crippen LogP contribution < -0.4 is 5.32 Å². The number of sulfone groups is 1. The quantitative estimate of drug-likeness (QED) is 0.382. The Bertz CT molecular complexity index is 1660. The fourth-order valence-electron chi connectivity index (χ4n) is 3.76. The van der Waals surface area contributed by atoms with E-state index in [1.807, 2.05) is 49.4 Å². The number of anilines is 1. The highest BCUT2D eigenvalue weighted by atomic mass is 32.2. The van der Waals surface area contributed by atoms with E-state index in [0.717, 1.165) is 28.6 Å². The van der Waals surface area contributed by atoms with Crippen molar-refractivity contribution in [2.24, 2.45) is 0 Å². The van der Waals surface area contributed by atoms with Crippen LogP contribution in [0.25, 0.3) is 28.2 Å². The molecule has 9 nitrogen and oxygen atoms in total. The maximum absolute atomic E-state index is 13.1. The first-order chi connectivity index (χ1) is 16.7.